The van der Waals surface area contributed by atoms with Gasteiger partial charge in [-0.25, -0.2) is 0 Å². The van der Waals surface area contributed by atoms with Crippen LogP contribution >= 0.6 is 0 Å². The summed E-state index contributed by atoms with van der Waals surface area (Å²) in [6.45, 7) is 8.74. The molecule has 0 saturated heterocycles. The molecule has 3 rings (SSSR count). The second kappa shape index (κ2) is 10.2. The van der Waals surface area contributed by atoms with Crippen molar-refractivity contribution >= 4 is 0 Å². The van der Waals surface area contributed by atoms with E-state index in [0.717, 1.165) is 18.8 Å². The number of aryl methyl sites for hydroxylation is 3. The Labute approximate surface area is 174 Å². The largest absolute Gasteiger partial charge is 0.491 e. The van der Waals surface area contributed by atoms with Crippen LogP contribution in [0.3, 0.4) is 0 Å². The second-order valence-corrected chi connectivity index (χ2v) is 7.80. The van der Waals surface area contributed by atoms with Gasteiger partial charge >= 0.3 is 0 Å². The highest BCUT2D eigenvalue weighted by atomic mass is 16.5. The summed E-state index contributed by atoms with van der Waals surface area (Å²) in [6, 6.07) is 24.8. The zero-order chi connectivity index (χ0) is 20.6. The topological polar surface area (TPSA) is 32.7 Å². The maximum atomic E-state index is 10.7. The lowest BCUT2D eigenvalue weighted by molar-refractivity contribution is 0.0627. The molecule has 0 bridgehead atoms. The van der Waals surface area contributed by atoms with Crippen molar-refractivity contribution in [2.45, 2.75) is 40.0 Å². The van der Waals surface area contributed by atoms with Gasteiger partial charge in [-0.3, -0.25) is 4.90 Å². The number of aliphatic hydroxyl groups excluding tert-OH is 1. The van der Waals surface area contributed by atoms with Crippen LogP contribution in [0.4, 0.5) is 0 Å². The minimum absolute atomic E-state index is 0.279. The Balaban J connectivity index is 1.67. The SMILES string of the molecule is Cc1ccc(OCC(O)CN(Cc2ccccc2C)Cc2ccccc2C)cc1. The van der Waals surface area contributed by atoms with E-state index >= 15 is 0 Å². The van der Waals surface area contributed by atoms with E-state index in [1.165, 1.54) is 27.8 Å². The van der Waals surface area contributed by atoms with E-state index in [1.54, 1.807) is 0 Å². The smallest absolute Gasteiger partial charge is 0.119 e. The Morgan fingerprint density at radius 3 is 1.79 bits per heavy atom. The van der Waals surface area contributed by atoms with Gasteiger partial charge in [-0.2, -0.15) is 0 Å². The zero-order valence-corrected chi connectivity index (χ0v) is 17.6. The number of aliphatic hydroxyl groups is 1. The molecule has 0 aliphatic carbocycles. The molecule has 0 aliphatic heterocycles. The molecule has 0 amide bonds. The van der Waals surface area contributed by atoms with Crippen molar-refractivity contribution in [3.8, 4) is 5.75 Å². The average molecular weight is 390 g/mol. The minimum atomic E-state index is -0.565. The first-order chi connectivity index (χ1) is 14.0. The molecule has 1 unspecified atom stereocenters. The lowest BCUT2D eigenvalue weighted by atomic mass is 10.1. The van der Waals surface area contributed by atoms with Crippen molar-refractivity contribution < 1.29 is 9.84 Å². The van der Waals surface area contributed by atoms with Crippen molar-refractivity contribution in [1.29, 1.82) is 0 Å². The molecule has 1 atom stereocenters. The highest BCUT2D eigenvalue weighted by molar-refractivity contribution is 5.28. The van der Waals surface area contributed by atoms with Crippen molar-refractivity contribution in [1.82, 2.24) is 4.90 Å². The predicted octanol–water partition coefficient (Wildman–Crippen LogP) is 5.05. The number of benzene rings is 3. The summed E-state index contributed by atoms with van der Waals surface area (Å²) >= 11 is 0. The van der Waals surface area contributed by atoms with Gasteiger partial charge in [-0.15, -0.1) is 0 Å². The standard InChI is InChI=1S/C26H31NO2/c1-20-12-14-26(15-13-20)29-19-25(28)18-27(16-23-10-6-4-8-21(23)2)17-24-11-7-5-9-22(24)3/h4-15,25,28H,16-19H2,1-3H3. The molecule has 0 fully saturated rings. The normalized spacial score (nSPS) is 12.2. The molecule has 152 valence electrons. The van der Waals surface area contributed by atoms with Crippen LogP contribution < -0.4 is 4.74 Å². The molecule has 0 heterocycles. The summed E-state index contributed by atoms with van der Waals surface area (Å²) < 4.78 is 5.79. The van der Waals surface area contributed by atoms with Crippen molar-refractivity contribution in [3.63, 3.8) is 0 Å². The van der Waals surface area contributed by atoms with Crippen LogP contribution in [0.15, 0.2) is 72.8 Å². The van der Waals surface area contributed by atoms with Crippen molar-refractivity contribution in [3.05, 3.63) is 101 Å². The highest BCUT2D eigenvalue weighted by Gasteiger charge is 2.15. The lowest BCUT2D eigenvalue weighted by Gasteiger charge is -2.26. The summed E-state index contributed by atoms with van der Waals surface area (Å²) in [5.41, 5.74) is 6.31. The van der Waals surface area contributed by atoms with Crippen LogP contribution in [0.1, 0.15) is 27.8 Å². The molecule has 0 aromatic heterocycles. The fourth-order valence-electron chi connectivity index (χ4n) is 3.42. The molecular formula is C26H31NO2. The van der Waals surface area contributed by atoms with Crippen LogP contribution in [0.25, 0.3) is 0 Å². The molecule has 1 N–H and O–H groups in total. The van der Waals surface area contributed by atoms with Crippen LogP contribution in [-0.4, -0.2) is 29.3 Å². The third-order valence-corrected chi connectivity index (χ3v) is 5.24. The van der Waals surface area contributed by atoms with E-state index in [2.05, 4.69) is 67.3 Å². The van der Waals surface area contributed by atoms with Gasteiger partial charge < -0.3 is 9.84 Å². The number of nitrogens with zero attached hydrogens (tertiary/aromatic N) is 1. The van der Waals surface area contributed by atoms with Gasteiger partial charge in [-0.05, 0) is 55.2 Å². The van der Waals surface area contributed by atoms with E-state index in [1.807, 2.05) is 31.2 Å². The molecule has 0 saturated carbocycles. The number of ether oxygens (including phenoxy) is 1. The molecule has 3 aromatic rings. The van der Waals surface area contributed by atoms with E-state index in [4.69, 9.17) is 4.74 Å². The van der Waals surface area contributed by atoms with Crippen LogP contribution in [0.2, 0.25) is 0 Å². The van der Waals surface area contributed by atoms with Crippen LogP contribution in [0.5, 0.6) is 5.75 Å². The monoisotopic (exact) mass is 389 g/mol. The van der Waals surface area contributed by atoms with E-state index in [-0.39, 0.29) is 6.61 Å². The molecule has 0 radical (unpaired) electrons. The molecular weight excluding hydrogens is 358 g/mol. The Kier molecular flexibility index (Phi) is 7.45. The molecule has 3 heteroatoms. The molecule has 0 spiro atoms. The second-order valence-electron chi connectivity index (χ2n) is 7.80. The Hall–Kier alpha value is -2.62. The maximum Gasteiger partial charge on any atom is 0.119 e. The third-order valence-electron chi connectivity index (χ3n) is 5.24. The highest BCUT2D eigenvalue weighted by Crippen LogP contribution is 2.17. The Bertz CT molecular complexity index is 857. The van der Waals surface area contributed by atoms with Crippen molar-refractivity contribution in [2.75, 3.05) is 13.2 Å². The van der Waals surface area contributed by atoms with Gasteiger partial charge in [-0.1, -0.05) is 66.2 Å². The van der Waals surface area contributed by atoms with Gasteiger partial charge in [0.2, 0.25) is 0 Å². The number of hydrogen-bond acceptors (Lipinski definition) is 3. The summed E-state index contributed by atoms with van der Waals surface area (Å²) in [6.07, 6.45) is -0.565. The first-order valence-corrected chi connectivity index (χ1v) is 10.2. The zero-order valence-electron chi connectivity index (χ0n) is 17.6. The summed E-state index contributed by atoms with van der Waals surface area (Å²) in [5, 5.41) is 10.7. The van der Waals surface area contributed by atoms with Crippen LogP contribution in [0, 0.1) is 20.8 Å². The quantitative estimate of drug-likeness (QED) is 0.556. The molecule has 3 aromatic carbocycles. The van der Waals surface area contributed by atoms with Gasteiger partial charge in [0.15, 0.2) is 0 Å². The Morgan fingerprint density at radius 1 is 0.759 bits per heavy atom. The fourth-order valence-corrected chi connectivity index (χ4v) is 3.42. The Morgan fingerprint density at radius 2 is 1.28 bits per heavy atom. The predicted molar refractivity (Wildman–Crippen MR) is 119 cm³/mol. The van der Waals surface area contributed by atoms with Gasteiger partial charge in [0.05, 0.1) is 0 Å². The maximum absolute atomic E-state index is 10.7. The summed E-state index contributed by atoms with van der Waals surface area (Å²) in [7, 11) is 0. The van der Waals surface area contributed by atoms with Gasteiger partial charge in [0, 0.05) is 19.6 Å². The van der Waals surface area contributed by atoms with E-state index in [9.17, 15) is 5.11 Å². The van der Waals surface area contributed by atoms with E-state index < -0.39 is 6.10 Å². The molecule has 29 heavy (non-hydrogen) atoms. The molecule has 0 aliphatic rings. The minimum Gasteiger partial charge on any atom is -0.491 e. The first-order valence-electron chi connectivity index (χ1n) is 10.2. The number of rotatable bonds is 9. The van der Waals surface area contributed by atoms with Crippen LogP contribution in [-0.2, 0) is 13.1 Å². The van der Waals surface area contributed by atoms with Crippen molar-refractivity contribution in [2.24, 2.45) is 0 Å². The number of hydrogen-bond donors (Lipinski definition) is 1. The third kappa shape index (κ3) is 6.45. The average Bonchev–Trinajstić information content (AvgIpc) is 2.71. The van der Waals surface area contributed by atoms with Gasteiger partial charge in [0.25, 0.3) is 0 Å². The lowest BCUT2D eigenvalue weighted by Crippen LogP contribution is -2.35. The summed E-state index contributed by atoms with van der Waals surface area (Å²) in [4.78, 5) is 2.30. The van der Waals surface area contributed by atoms with Gasteiger partial charge in [0.1, 0.15) is 18.5 Å². The fraction of sp³-hybridized carbons (Fsp3) is 0.308. The summed E-state index contributed by atoms with van der Waals surface area (Å²) in [5.74, 6) is 0.791. The van der Waals surface area contributed by atoms with E-state index in [0.29, 0.717) is 6.54 Å². The molecule has 3 nitrogen and oxygen atoms in total. The first kappa shape index (κ1) is 21.1.